The van der Waals surface area contributed by atoms with Crippen LogP contribution in [-0.2, 0) is 4.79 Å². The lowest BCUT2D eigenvalue weighted by molar-refractivity contribution is -0.115. The van der Waals surface area contributed by atoms with Crippen LogP contribution in [0.1, 0.15) is 33.1 Å². The van der Waals surface area contributed by atoms with Crippen molar-refractivity contribution in [1.82, 2.24) is 5.32 Å². The molecule has 0 saturated carbocycles. The van der Waals surface area contributed by atoms with Crippen molar-refractivity contribution in [3.05, 3.63) is 24.3 Å². The van der Waals surface area contributed by atoms with E-state index in [1.807, 2.05) is 24.3 Å². The molecule has 0 heterocycles. The zero-order valence-electron chi connectivity index (χ0n) is 11.9. The molecular weight excluding hydrogens is 240 g/mol. The van der Waals surface area contributed by atoms with Crippen molar-refractivity contribution >= 4 is 11.6 Å². The van der Waals surface area contributed by atoms with Crippen LogP contribution >= 0.6 is 0 Å². The predicted octanol–water partition coefficient (Wildman–Crippen LogP) is 2.80. The van der Waals surface area contributed by atoms with Gasteiger partial charge in [-0.3, -0.25) is 4.79 Å². The Morgan fingerprint density at radius 2 is 1.89 bits per heavy atom. The highest BCUT2D eigenvalue weighted by Crippen LogP contribution is 2.15. The first-order valence-corrected chi connectivity index (χ1v) is 6.99. The Bertz CT molecular complexity index is 363. The lowest BCUT2D eigenvalue weighted by Gasteiger charge is -2.08. The van der Waals surface area contributed by atoms with Gasteiger partial charge in [-0.05, 0) is 43.7 Å². The second kappa shape index (κ2) is 9.39. The summed E-state index contributed by atoms with van der Waals surface area (Å²) in [6.45, 7) is 6.15. The summed E-state index contributed by atoms with van der Waals surface area (Å²) in [5, 5.41) is 5.90. The van der Waals surface area contributed by atoms with Crippen LogP contribution in [0.4, 0.5) is 5.69 Å². The van der Waals surface area contributed by atoms with Crippen molar-refractivity contribution in [2.45, 2.75) is 33.1 Å². The third-order valence-electron chi connectivity index (χ3n) is 2.62. The highest BCUT2D eigenvalue weighted by atomic mass is 16.5. The van der Waals surface area contributed by atoms with E-state index in [1.165, 1.54) is 0 Å². The van der Waals surface area contributed by atoms with Gasteiger partial charge in [-0.15, -0.1) is 0 Å². The van der Waals surface area contributed by atoms with Crippen molar-refractivity contribution in [3.8, 4) is 5.75 Å². The van der Waals surface area contributed by atoms with Crippen LogP contribution in [0, 0.1) is 0 Å². The number of hydrogen-bond donors (Lipinski definition) is 2. The number of carbonyl (C=O) groups excluding carboxylic acids is 1. The fourth-order valence-electron chi connectivity index (χ4n) is 1.55. The lowest BCUT2D eigenvalue weighted by atomic mass is 10.3. The van der Waals surface area contributed by atoms with E-state index in [2.05, 4.69) is 24.5 Å². The molecule has 0 saturated heterocycles. The molecule has 1 rings (SSSR count). The van der Waals surface area contributed by atoms with E-state index in [9.17, 15) is 4.79 Å². The van der Waals surface area contributed by atoms with E-state index in [1.54, 1.807) is 0 Å². The van der Waals surface area contributed by atoms with Gasteiger partial charge in [0.2, 0.25) is 5.91 Å². The second-order valence-electron chi connectivity index (χ2n) is 4.45. The molecule has 0 spiro atoms. The van der Waals surface area contributed by atoms with E-state index >= 15 is 0 Å². The molecule has 4 heteroatoms. The van der Waals surface area contributed by atoms with E-state index in [0.717, 1.165) is 43.9 Å². The van der Waals surface area contributed by atoms with Crippen molar-refractivity contribution in [2.24, 2.45) is 0 Å². The molecule has 0 unspecified atom stereocenters. The molecule has 1 aromatic carbocycles. The average Bonchev–Trinajstić information content (AvgIpc) is 2.41. The Kier molecular flexibility index (Phi) is 7.66. The van der Waals surface area contributed by atoms with Crippen LogP contribution in [-0.4, -0.2) is 25.6 Å². The summed E-state index contributed by atoms with van der Waals surface area (Å²) in [7, 11) is 0. The summed E-state index contributed by atoms with van der Waals surface area (Å²) < 4.78 is 5.56. The first kappa shape index (κ1) is 15.5. The number of unbranched alkanes of at least 4 members (excludes halogenated alkanes) is 1. The van der Waals surface area contributed by atoms with Gasteiger partial charge in [-0.2, -0.15) is 0 Å². The maximum Gasteiger partial charge on any atom is 0.238 e. The summed E-state index contributed by atoms with van der Waals surface area (Å²) in [6.07, 6.45) is 3.21. The lowest BCUT2D eigenvalue weighted by Crippen LogP contribution is -2.28. The summed E-state index contributed by atoms with van der Waals surface area (Å²) >= 11 is 0. The van der Waals surface area contributed by atoms with Gasteiger partial charge in [0.05, 0.1) is 13.2 Å². The van der Waals surface area contributed by atoms with E-state index in [-0.39, 0.29) is 5.91 Å². The summed E-state index contributed by atoms with van der Waals surface area (Å²) in [5.74, 6) is 0.823. The van der Waals surface area contributed by atoms with Crippen LogP contribution in [0.3, 0.4) is 0 Å². The standard InChI is InChI=1S/C15H24N2O2/c1-3-5-11-19-14-8-6-13(7-9-14)17-15(18)12-16-10-4-2/h6-9,16H,3-5,10-12H2,1-2H3,(H,17,18). The predicted molar refractivity (Wildman–Crippen MR) is 78.6 cm³/mol. The number of carbonyl (C=O) groups is 1. The molecule has 1 aromatic rings. The molecule has 0 atom stereocenters. The van der Waals surface area contributed by atoms with Crippen LogP contribution in [0.5, 0.6) is 5.75 Å². The topological polar surface area (TPSA) is 50.4 Å². The van der Waals surface area contributed by atoms with Crippen molar-refractivity contribution in [3.63, 3.8) is 0 Å². The molecule has 0 fully saturated rings. The van der Waals surface area contributed by atoms with Crippen molar-refractivity contribution in [1.29, 1.82) is 0 Å². The quantitative estimate of drug-likeness (QED) is 0.674. The van der Waals surface area contributed by atoms with E-state index < -0.39 is 0 Å². The van der Waals surface area contributed by atoms with Gasteiger partial charge >= 0.3 is 0 Å². The van der Waals surface area contributed by atoms with E-state index in [4.69, 9.17) is 4.74 Å². The summed E-state index contributed by atoms with van der Waals surface area (Å²) in [6, 6.07) is 7.48. The highest BCUT2D eigenvalue weighted by Gasteiger charge is 2.01. The SMILES string of the molecule is CCCCOc1ccc(NC(=O)CNCCC)cc1. The monoisotopic (exact) mass is 264 g/mol. The molecule has 0 radical (unpaired) electrons. The molecule has 4 nitrogen and oxygen atoms in total. The highest BCUT2D eigenvalue weighted by molar-refractivity contribution is 5.92. The molecule has 0 bridgehead atoms. The second-order valence-corrected chi connectivity index (χ2v) is 4.45. The third kappa shape index (κ3) is 6.82. The van der Waals surface area contributed by atoms with Gasteiger partial charge in [0, 0.05) is 5.69 Å². The largest absolute Gasteiger partial charge is 0.494 e. The van der Waals surface area contributed by atoms with Crippen molar-refractivity contribution in [2.75, 3.05) is 25.0 Å². The molecule has 0 aliphatic heterocycles. The minimum Gasteiger partial charge on any atom is -0.494 e. The zero-order chi connectivity index (χ0) is 13.9. The Morgan fingerprint density at radius 3 is 2.53 bits per heavy atom. The van der Waals surface area contributed by atoms with Gasteiger partial charge in [0.15, 0.2) is 0 Å². The molecule has 19 heavy (non-hydrogen) atoms. The molecular formula is C15H24N2O2. The normalized spacial score (nSPS) is 10.2. The Labute approximate surface area is 115 Å². The fraction of sp³-hybridized carbons (Fsp3) is 0.533. The number of anilines is 1. The van der Waals surface area contributed by atoms with Gasteiger partial charge in [-0.1, -0.05) is 20.3 Å². The molecule has 2 N–H and O–H groups in total. The smallest absolute Gasteiger partial charge is 0.238 e. The van der Waals surface area contributed by atoms with Crippen LogP contribution in [0.15, 0.2) is 24.3 Å². The van der Waals surface area contributed by atoms with Gasteiger partial charge in [-0.25, -0.2) is 0 Å². The van der Waals surface area contributed by atoms with Gasteiger partial charge in [0.25, 0.3) is 0 Å². The maximum atomic E-state index is 11.6. The van der Waals surface area contributed by atoms with Crippen LogP contribution < -0.4 is 15.4 Å². The summed E-state index contributed by atoms with van der Waals surface area (Å²) in [4.78, 5) is 11.6. The van der Waals surface area contributed by atoms with Gasteiger partial charge < -0.3 is 15.4 Å². The Morgan fingerprint density at radius 1 is 1.16 bits per heavy atom. The molecule has 0 aliphatic rings. The van der Waals surface area contributed by atoms with Gasteiger partial charge in [0.1, 0.15) is 5.75 Å². The number of amides is 1. The van der Waals surface area contributed by atoms with Crippen LogP contribution in [0.25, 0.3) is 0 Å². The first-order valence-electron chi connectivity index (χ1n) is 6.99. The molecule has 1 amide bonds. The minimum atomic E-state index is -0.0203. The first-order chi connectivity index (χ1) is 9.26. The van der Waals surface area contributed by atoms with Crippen molar-refractivity contribution < 1.29 is 9.53 Å². The fourth-order valence-corrected chi connectivity index (χ4v) is 1.55. The minimum absolute atomic E-state index is 0.0203. The Balaban J connectivity index is 2.32. The number of nitrogens with one attached hydrogen (secondary N) is 2. The number of ether oxygens (including phenoxy) is 1. The molecule has 0 aliphatic carbocycles. The summed E-state index contributed by atoms with van der Waals surface area (Å²) in [5.41, 5.74) is 0.797. The van der Waals surface area contributed by atoms with E-state index in [0.29, 0.717) is 6.54 Å². The van der Waals surface area contributed by atoms with Crippen LogP contribution in [0.2, 0.25) is 0 Å². The maximum absolute atomic E-state index is 11.6. The number of hydrogen-bond acceptors (Lipinski definition) is 3. The molecule has 0 aromatic heterocycles. The molecule has 106 valence electrons. The number of rotatable bonds is 9. The number of benzene rings is 1. The zero-order valence-corrected chi connectivity index (χ0v) is 11.9. The Hall–Kier alpha value is -1.55. The third-order valence-corrected chi connectivity index (χ3v) is 2.62. The average molecular weight is 264 g/mol.